The van der Waals surface area contributed by atoms with Crippen LogP contribution in [0.3, 0.4) is 0 Å². The number of aryl methyl sites for hydroxylation is 2. The fraction of sp³-hybridized carbons (Fsp3) is 0.185. The Kier molecular flexibility index (Phi) is 7.40. The van der Waals surface area contributed by atoms with Crippen LogP contribution in [0.5, 0.6) is 5.75 Å². The summed E-state index contributed by atoms with van der Waals surface area (Å²) in [6.07, 6.45) is 3.62. The van der Waals surface area contributed by atoms with Gasteiger partial charge in [0, 0.05) is 24.6 Å². The van der Waals surface area contributed by atoms with E-state index in [1.165, 1.54) is 19.2 Å². The summed E-state index contributed by atoms with van der Waals surface area (Å²) >= 11 is 0. The lowest BCUT2D eigenvalue weighted by Crippen LogP contribution is -2.40. The summed E-state index contributed by atoms with van der Waals surface area (Å²) in [5, 5.41) is 2.84. The van der Waals surface area contributed by atoms with Crippen LogP contribution in [-0.2, 0) is 21.4 Å². The summed E-state index contributed by atoms with van der Waals surface area (Å²) in [6, 6.07) is 21.0. The molecular weight excluding hydrogens is 476 g/mol. The molecular formula is C27H28N4O4S. The van der Waals surface area contributed by atoms with Gasteiger partial charge in [-0.1, -0.05) is 36.4 Å². The Morgan fingerprint density at radius 3 is 2.39 bits per heavy atom. The molecule has 1 N–H and O–H groups in total. The lowest BCUT2D eigenvalue weighted by Gasteiger charge is -2.26. The molecule has 36 heavy (non-hydrogen) atoms. The molecule has 0 fully saturated rings. The summed E-state index contributed by atoms with van der Waals surface area (Å²) in [7, 11) is -2.56. The number of aromatic nitrogens is 2. The smallest absolute Gasteiger partial charge is 0.264 e. The Bertz CT molecular complexity index is 1450. The van der Waals surface area contributed by atoms with Crippen LogP contribution < -0.4 is 14.4 Å². The van der Waals surface area contributed by atoms with Gasteiger partial charge < -0.3 is 14.6 Å². The Labute approximate surface area is 211 Å². The molecule has 0 saturated heterocycles. The van der Waals surface area contributed by atoms with E-state index in [0.717, 1.165) is 26.9 Å². The number of anilines is 1. The number of hydrogen-bond donors (Lipinski definition) is 1. The van der Waals surface area contributed by atoms with Gasteiger partial charge in [-0.25, -0.2) is 13.4 Å². The lowest BCUT2D eigenvalue weighted by molar-refractivity contribution is -0.119. The number of carbonyl (C=O) groups is 1. The van der Waals surface area contributed by atoms with E-state index in [2.05, 4.69) is 10.3 Å². The first-order valence-corrected chi connectivity index (χ1v) is 12.8. The quantitative estimate of drug-likeness (QED) is 0.372. The van der Waals surface area contributed by atoms with Crippen LogP contribution in [0.15, 0.2) is 90.1 Å². The van der Waals surface area contributed by atoms with Crippen molar-refractivity contribution in [3.05, 3.63) is 102 Å². The number of methoxy groups -OCH3 is 1. The molecule has 0 bridgehead atoms. The Morgan fingerprint density at radius 1 is 1.03 bits per heavy atom. The average molecular weight is 505 g/mol. The van der Waals surface area contributed by atoms with Crippen LogP contribution in [0.1, 0.15) is 17.0 Å². The third kappa shape index (κ3) is 5.41. The van der Waals surface area contributed by atoms with Gasteiger partial charge in [-0.2, -0.15) is 0 Å². The molecule has 9 heteroatoms. The number of hydrogen-bond acceptors (Lipinski definition) is 5. The maximum Gasteiger partial charge on any atom is 0.264 e. The highest BCUT2D eigenvalue weighted by Crippen LogP contribution is 2.33. The molecule has 3 aromatic carbocycles. The van der Waals surface area contributed by atoms with Gasteiger partial charge in [-0.15, -0.1) is 0 Å². The summed E-state index contributed by atoms with van der Waals surface area (Å²) in [6.45, 7) is 3.63. The number of nitrogens with one attached hydrogen (secondary N) is 1. The van der Waals surface area contributed by atoms with Gasteiger partial charge in [0.1, 0.15) is 18.1 Å². The fourth-order valence-electron chi connectivity index (χ4n) is 3.83. The maximum atomic E-state index is 13.6. The molecule has 4 rings (SSSR count). The first kappa shape index (κ1) is 25.0. The molecule has 4 aromatic rings. The van der Waals surface area contributed by atoms with Crippen LogP contribution in [0.4, 0.5) is 5.69 Å². The Morgan fingerprint density at radius 2 is 1.75 bits per heavy atom. The number of imidazole rings is 1. The second kappa shape index (κ2) is 10.7. The standard InChI is InChI=1S/C27H28N4O4S/c1-20-9-14-26(35-3)25(17-20)31(36(33,34)24-7-5-4-6-8-24)19-27(32)29-18-22-10-12-23(13-11-22)30-16-15-28-21(30)2/h4-17H,18-19H2,1-3H3,(H,29,32). The normalized spacial score (nSPS) is 11.2. The van der Waals surface area contributed by atoms with Crippen molar-refractivity contribution in [2.45, 2.75) is 25.3 Å². The molecule has 8 nitrogen and oxygen atoms in total. The number of carbonyl (C=O) groups excluding carboxylic acids is 1. The van der Waals surface area contributed by atoms with E-state index in [1.54, 1.807) is 36.5 Å². The minimum Gasteiger partial charge on any atom is -0.495 e. The van der Waals surface area contributed by atoms with Crippen LogP contribution in [0, 0.1) is 13.8 Å². The first-order chi connectivity index (χ1) is 17.3. The highest BCUT2D eigenvalue weighted by atomic mass is 32.2. The minimum absolute atomic E-state index is 0.0896. The van der Waals surface area contributed by atoms with Crippen LogP contribution >= 0.6 is 0 Å². The zero-order chi connectivity index (χ0) is 25.7. The molecule has 0 unspecified atom stereocenters. The second-order valence-corrected chi connectivity index (χ2v) is 10.1. The summed E-state index contributed by atoms with van der Waals surface area (Å²) in [4.78, 5) is 17.3. The molecule has 0 aliphatic rings. The van der Waals surface area contributed by atoms with Crippen molar-refractivity contribution in [2.24, 2.45) is 0 Å². The van der Waals surface area contributed by atoms with E-state index >= 15 is 0 Å². The minimum atomic E-state index is -4.03. The van der Waals surface area contributed by atoms with E-state index in [1.807, 2.05) is 54.9 Å². The van der Waals surface area contributed by atoms with E-state index in [4.69, 9.17) is 4.74 Å². The number of ether oxygens (including phenoxy) is 1. The van der Waals surface area contributed by atoms with Crippen molar-refractivity contribution in [2.75, 3.05) is 18.0 Å². The molecule has 1 aromatic heterocycles. The molecule has 0 saturated carbocycles. The van der Waals surface area contributed by atoms with Crippen LogP contribution in [0.25, 0.3) is 5.69 Å². The van der Waals surface area contributed by atoms with Crippen LogP contribution in [0.2, 0.25) is 0 Å². The first-order valence-electron chi connectivity index (χ1n) is 11.4. The molecule has 0 radical (unpaired) electrons. The van der Waals surface area contributed by atoms with Crippen molar-refractivity contribution in [1.29, 1.82) is 0 Å². The van der Waals surface area contributed by atoms with E-state index in [-0.39, 0.29) is 11.4 Å². The Hall–Kier alpha value is -4.11. The monoisotopic (exact) mass is 504 g/mol. The highest BCUT2D eigenvalue weighted by Gasteiger charge is 2.29. The lowest BCUT2D eigenvalue weighted by atomic mass is 10.2. The topological polar surface area (TPSA) is 93.5 Å². The van der Waals surface area contributed by atoms with Gasteiger partial charge in [0.25, 0.3) is 10.0 Å². The van der Waals surface area contributed by atoms with Crippen molar-refractivity contribution in [1.82, 2.24) is 14.9 Å². The third-order valence-corrected chi connectivity index (χ3v) is 7.53. The number of sulfonamides is 1. The predicted octanol–water partition coefficient (Wildman–Crippen LogP) is 4.01. The zero-order valence-corrected chi connectivity index (χ0v) is 21.2. The van der Waals surface area contributed by atoms with Gasteiger partial charge in [0.15, 0.2) is 0 Å². The zero-order valence-electron chi connectivity index (χ0n) is 20.4. The molecule has 0 spiro atoms. The SMILES string of the molecule is COc1ccc(C)cc1N(CC(=O)NCc1ccc(-n2ccnc2C)cc1)S(=O)(=O)c1ccccc1. The van der Waals surface area contributed by atoms with Crippen molar-refractivity contribution in [3.8, 4) is 11.4 Å². The number of nitrogens with zero attached hydrogens (tertiary/aromatic N) is 3. The number of amides is 1. The average Bonchev–Trinajstić information content (AvgIpc) is 3.32. The molecule has 0 aliphatic carbocycles. The summed E-state index contributed by atoms with van der Waals surface area (Å²) in [5.74, 6) is 0.799. The highest BCUT2D eigenvalue weighted by molar-refractivity contribution is 7.92. The maximum absolute atomic E-state index is 13.6. The van der Waals surface area contributed by atoms with Gasteiger partial charge in [-0.05, 0) is 61.4 Å². The number of benzene rings is 3. The van der Waals surface area contributed by atoms with Gasteiger partial charge in [0.2, 0.25) is 5.91 Å². The van der Waals surface area contributed by atoms with Gasteiger partial charge >= 0.3 is 0 Å². The number of rotatable bonds is 9. The van der Waals surface area contributed by atoms with E-state index < -0.39 is 22.5 Å². The predicted molar refractivity (Wildman–Crippen MR) is 139 cm³/mol. The fourth-order valence-corrected chi connectivity index (χ4v) is 5.27. The van der Waals surface area contributed by atoms with Crippen molar-refractivity contribution >= 4 is 21.6 Å². The Balaban J connectivity index is 1.55. The molecule has 1 heterocycles. The van der Waals surface area contributed by atoms with Crippen LogP contribution in [-0.4, -0.2) is 37.5 Å². The van der Waals surface area contributed by atoms with Gasteiger partial charge in [-0.3, -0.25) is 9.10 Å². The molecule has 0 atom stereocenters. The van der Waals surface area contributed by atoms with Gasteiger partial charge in [0.05, 0.1) is 17.7 Å². The third-order valence-electron chi connectivity index (χ3n) is 5.75. The van der Waals surface area contributed by atoms with Crippen molar-refractivity contribution < 1.29 is 17.9 Å². The molecule has 186 valence electrons. The molecule has 0 aliphatic heterocycles. The summed E-state index contributed by atoms with van der Waals surface area (Å²) < 4.78 is 35.6. The van der Waals surface area contributed by atoms with Crippen molar-refractivity contribution in [3.63, 3.8) is 0 Å². The van der Waals surface area contributed by atoms with E-state index in [9.17, 15) is 13.2 Å². The summed E-state index contributed by atoms with van der Waals surface area (Å²) in [5.41, 5.74) is 2.99. The largest absolute Gasteiger partial charge is 0.495 e. The molecule has 1 amide bonds. The van der Waals surface area contributed by atoms with E-state index in [0.29, 0.717) is 11.4 Å². The second-order valence-electron chi connectivity index (χ2n) is 8.29.